The second-order valence-electron chi connectivity index (χ2n) is 11.6. The Kier molecular flexibility index (Phi) is 9.06. The lowest BCUT2D eigenvalue weighted by molar-refractivity contribution is 0.0981. The molecule has 2 saturated heterocycles. The number of benzene rings is 2. The van der Waals surface area contributed by atoms with E-state index in [-0.39, 0.29) is 28.9 Å². The highest BCUT2D eigenvalue weighted by molar-refractivity contribution is 6.32. The summed E-state index contributed by atoms with van der Waals surface area (Å²) in [4.78, 5) is 16.3. The van der Waals surface area contributed by atoms with Crippen LogP contribution in [0.15, 0.2) is 36.7 Å². The Morgan fingerprint density at radius 1 is 0.930 bits per heavy atom. The van der Waals surface area contributed by atoms with Gasteiger partial charge >= 0.3 is 0 Å². The highest BCUT2D eigenvalue weighted by Crippen LogP contribution is 2.45. The minimum atomic E-state index is -0.329. The predicted octanol–water partition coefficient (Wildman–Crippen LogP) is 5.70. The maximum absolute atomic E-state index is 15.2. The van der Waals surface area contributed by atoms with Crippen molar-refractivity contribution < 1.29 is 18.6 Å². The first-order valence-electron chi connectivity index (χ1n) is 15.1. The summed E-state index contributed by atoms with van der Waals surface area (Å²) in [5.74, 6) is 1.97. The number of anilines is 3. The number of hydrogen-bond donors (Lipinski definition) is 1. The topological polar surface area (TPSA) is 75.2 Å². The fourth-order valence-electron chi connectivity index (χ4n) is 6.07. The number of piperidine rings is 1. The standard InChI is InChI=1S/C32H40ClFN6O3/c1-38-12-14-39(15-13-38)23-8-10-40(11-9-23)27-7-6-22(16-28(27)41-2)37-32-35-18-24(19-36-32)43-20-26-30(33)29(42-3)17-25(31(26)34)21-4-5-21/h6-7,16-19,21,23H,4-5,8-15,20H2,1-3H3,(H,35,36,37). The van der Waals surface area contributed by atoms with Crippen LogP contribution in [-0.4, -0.2) is 86.3 Å². The molecule has 0 unspecified atom stereocenters. The van der Waals surface area contributed by atoms with Crippen molar-refractivity contribution >= 4 is 28.9 Å². The van der Waals surface area contributed by atoms with Crippen molar-refractivity contribution in [2.24, 2.45) is 0 Å². The summed E-state index contributed by atoms with van der Waals surface area (Å²) in [6, 6.07) is 8.44. The van der Waals surface area contributed by atoms with Crippen LogP contribution in [0.25, 0.3) is 0 Å². The molecule has 0 radical (unpaired) electrons. The third-order valence-corrected chi connectivity index (χ3v) is 9.24. The second kappa shape index (κ2) is 13.1. The van der Waals surface area contributed by atoms with Crippen LogP contribution in [0.1, 0.15) is 42.7 Å². The number of nitrogens with zero attached hydrogens (tertiary/aromatic N) is 5. The monoisotopic (exact) mass is 610 g/mol. The normalized spacial score (nSPS) is 18.5. The van der Waals surface area contributed by atoms with Gasteiger partial charge in [-0.3, -0.25) is 4.90 Å². The van der Waals surface area contributed by atoms with Crippen molar-refractivity contribution in [1.29, 1.82) is 0 Å². The molecule has 2 aromatic carbocycles. The van der Waals surface area contributed by atoms with Crippen molar-refractivity contribution in [3.8, 4) is 17.2 Å². The SMILES string of the molecule is COc1cc(Nc2ncc(OCc3c(F)c(C4CC4)cc(OC)c3Cl)cn2)ccc1N1CCC(N2CCN(C)CC2)CC1. The van der Waals surface area contributed by atoms with E-state index in [1.807, 2.05) is 12.1 Å². The van der Waals surface area contributed by atoms with Gasteiger partial charge in [0.25, 0.3) is 0 Å². The molecule has 2 aliphatic heterocycles. The van der Waals surface area contributed by atoms with Crippen molar-refractivity contribution in [1.82, 2.24) is 19.8 Å². The van der Waals surface area contributed by atoms with Gasteiger partial charge in [-0.15, -0.1) is 0 Å². The van der Waals surface area contributed by atoms with E-state index in [0.29, 0.717) is 29.1 Å². The molecule has 0 amide bonds. The molecule has 11 heteroatoms. The first-order valence-corrected chi connectivity index (χ1v) is 15.4. The van der Waals surface area contributed by atoms with Crippen molar-refractivity contribution in [3.63, 3.8) is 0 Å². The Labute approximate surface area is 257 Å². The second-order valence-corrected chi connectivity index (χ2v) is 12.0. The van der Waals surface area contributed by atoms with E-state index < -0.39 is 0 Å². The van der Waals surface area contributed by atoms with E-state index in [1.165, 1.54) is 7.11 Å². The highest BCUT2D eigenvalue weighted by atomic mass is 35.5. The number of aromatic nitrogens is 2. The quantitative estimate of drug-likeness (QED) is 0.311. The van der Waals surface area contributed by atoms with Crippen molar-refractivity contribution in [3.05, 3.63) is 58.6 Å². The summed E-state index contributed by atoms with van der Waals surface area (Å²) < 4.78 is 32.2. The van der Waals surface area contributed by atoms with Gasteiger partial charge in [0.05, 0.1) is 37.3 Å². The van der Waals surface area contributed by atoms with Gasteiger partial charge in [0.2, 0.25) is 5.95 Å². The molecular formula is C32H40ClFN6O3. The van der Waals surface area contributed by atoms with Crippen LogP contribution in [0.5, 0.6) is 17.2 Å². The molecule has 0 bridgehead atoms. The summed E-state index contributed by atoms with van der Waals surface area (Å²) in [6.45, 7) is 6.60. The zero-order valence-corrected chi connectivity index (χ0v) is 25.9. The Morgan fingerprint density at radius 2 is 1.63 bits per heavy atom. The lowest BCUT2D eigenvalue weighted by atomic mass is 10.0. The number of rotatable bonds is 10. The largest absolute Gasteiger partial charge is 0.495 e. The van der Waals surface area contributed by atoms with E-state index in [9.17, 15) is 0 Å². The van der Waals surface area contributed by atoms with E-state index >= 15 is 4.39 Å². The summed E-state index contributed by atoms with van der Waals surface area (Å²) in [5.41, 5.74) is 2.83. The van der Waals surface area contributed by atoms with Gasteiger partial charge in [-0.25, -0.2) is 14.4 Å². The van der Waals surface area contributed by atoms with E-state index in [4.69, 9.17) is 25.8 Å². The Bertz CT molecular complexity index is 1410. The molecule has 1 N–H and O–H groups in total. The van der Waals surface area contributed by atoms with Crippen LogP contribution in [-0.2, 0) is 6.61 Å². The number of nitrogens with one attached hydrogen (secondary N) is 1. The molecule has 43 heavy (non-hydrogen) atoms. The van der Waals surface area contributed by atoms with Gasteiger partial charge in [-0.1, -0.05) is 11.6 Å². The number of likely N-dealkylation sites (N-methyl/N-ethyl adjacent to an activating group) is 1. The van der Waals surface area contributed by atoms with Gasteiger partial charge in [0.15, 0.2) is 5.75 Å². The molecule has 230 valence electrons. The van der Waals surface area contributed by atoms with E-state index in [1.54, 1.807) is 25.6 Å². The third-order valence-electron chi connectivity index (χ3n) is 8.83. The first kappa shape index (κ1) is 29.7. The number of piperazine rings is 1. The molecule has 9 nitrogen and oxygen atoms in total. The third kappa shape index (κ3) is 6.76. The summed E-state index contributed by atoms with van der Waals surface area (Å²) in [6.07, 6.45) is 7.36. The van der Waals surface area contributed by atoms with Crippen LogP contribution in [0.4, 0.5) is 21.7 Å². The van der Waals surface area contributed by atoms with Crippen LogP contribution in [0.3, 0.4) is 0 Å². The average Bonchev–Trinajstić information content (AvgIpc) is 3.88. The lowest BCUT2D eigenvalue weighted by Crippen LogP contribution is -2.52. The lowest BCUT2D eigenvalue weighted by Gasteiger charge is -2.42. The Morgan fingerprint density at radius 3 is 2.28 bits per heavy atom. The van der Waals surface area contributed by atoms with Crippen molar-refractivity contribution in [2.75, 3.05) is 70.8 Å². The molecule has 3 heterocycles. The maximum Gasteiger partial charge on any atom is 0.227 e. The van der Waals surface area contributed by atoms with E-state index in [2.05, 4.69) is 43.1 Å². The fraction of sp³-hybridized carbons (Fsp3) is 0.500. The first-order chi connectivity index (χ1) is 20.9. The number of hydrogen-bond acceptors (Lipinski definition) is 9. The molecule has 1 aliphatic carbocycles. The summed E-state index contributed by atoms with van der Waals surface area (Å²) >= 11 is 6.42. The maximum atomic E-state index is 15.2. The minimum absolute atomic E-state index is 0.0526. The fourth-order valence-corrected chi connectivity index (χ4v) is 6.34. The Balaban J connectivity index is 1.06. The summed E-state index contributed by atoms with van der Waals surface area (Å²) in [5, 5.41) is 3.46. The number of halogens is 2. The van der Waals surface area contributed by atoms with Gasteiger partial charge in [0.1, 0.15) is 23.9 Å². The summed E-state index contributed by atoms with van der Waals surface area (Å²) in [7, 11) is 5.43. The van der Waals surface area contributed by atoms with Crippen LogP contribution < -0.4 is 24.4 Å². The molecule has 3 aliphatic rings. The van der Waals surface area contributed by atoms with Crippen LogP contribution in [0, 0.1) is 5.82 Å². The molecule has 3 fully saturated rings. The highest BCUT2D eigenvalue weighted by Gasteiger charge is 2.31. The smallest absolute Gasteiger partial charge is 0.227 e. The predicted molar refractivity (Wildman–Crippen MR) is 167 cm³/mol. The molecule has 3 aromatic rings. The molecule has 0 spiro atoms. The molecule has 6 rings (SSSR count). The van der Waals surface area contributed by atoms with Crippen LogP contribution >= 0.6 is 11.6 Å². The number of methoxy groups -OCH3 is 2. The zero-order valence-electron chi connectivity index (χ0n) is 25.1. The van der Waals surface area contributed by atoms with Gasteiger partial charge in [-0.05, 0) is 62.4 Å². The van der Waals surface area contributed by atoms with Gasteiger partial charge < -0.3 is 29.3 Å². The van der Waals surface area contributed by atoms with Crippen LogP contribution in [0.2, 0.25) is 5.02 Å². The number of ether oxygens (including phenoxy) is 3. The average molecular weight is 611 g/mol. The minimum Gasteiger partial charge on any atom is -0.495 e. The zero-order chi connectivity index (χ0) is 29.9. The Hall–Kier alpha value is -3.34. The molecule has 0 atom stereocenters. The molecule has 1 aromatic heterocycles. The van der Waals surface area contributed by atoms with E-state index in [0.717, 1.165) is 82.1 Å². The van der Waals surface area contributed by atoms with Crippen molar-refractivity contribution in [2.45, 2.75) is 44.2 Å². The van der Waals surface area contributed by atoms with Gasteiger partial charge in [0, 0.05) is 62.6 Å². The van der Waals surface area contributed by atoms with Gasteiger partial charge in [-0.2, -0.15) is 0 Å². The molecule has 1 saturated carbocycles. The molecular weight excluding hydrogens is 571 g/mol.